The fourth-order valence-electron chi connectivity index (χ4n) is 8.82. The molecule has 0 amide bonds. The molecule has 10 nitrogen and oxygen atoms in total. The Bertz CT molecular complexity index is 3650. The summed E-state index contributed by atoms with van der Waals surface area (Å²) in [6.07, 6.45) is 17.3. The molecule has 0 atom stereocenters. The van der Waals surface area contributed by atoms with Gasteiger partial charge in [0.25, 0.3) is 0 Å². The number of aryl methyl sites for hydroxylation is 2. The lowest BCUT2D eigenvalue weighted by Gasteiger charge is -2.09. The number of hydrogen-bond donors (Lipinski definition) is 0. The summed E-state index contributed by atoms with van der Waals surface area (Å²) in [5.41, 5.74) is 13.8. The molecule has 0 fully saturated rings. The second kappa shape index (κ2) is 50.1. The van der Waals surface area contributed by atoms with Gasteiger partial charge in [-0.25, -0.2) is 24.2 Å². The maximum absolute atomic E-state index is 12.8. The summed E-state index contributed by atoms with van der Waals surface area (Å²) in [6, 6.07) is 38.7. The van der Waals surface area contributed by atoms with E-state index >= 15 is 0 Å². The molecule has 17 heteroatoms. The third kappa shape index (κ3) is 38.1. The van der Waals surface area contributed by atoms with E-state index in [1.165, 1.54) is 40.2 Å². The van der Waals surface area contributed by atoms with Crippen LogP contribution in [0.5, 0.6) is 0 Å². The summed E-state index contributed by atoms with van der Waals surface area (Å²) < 4.78 is 49.3. The molecule has 2 aromatic carbocycles. The van der Waals surface area contributed by atoms with E-state index in [0.717, 1.165) is 55.4 Å². The van der Waals surface area contributed by atoms with Gasteiger partial charge in [0.2, 0.25) is 0 Å². The van der Waals surface area contributed by atoms with Crippen LogP contribution in [0.2, 0.25) is 15.2 Å². The van der Waals surface area contributed by atoms with Gasteiger partial charge >= 0.3 is 6.18 Å². The first-order chi connectivity index (χ1) is 48.0. The van der Waals surface area contributed by atoms with Crippen LogP contribution in [0, 0.1) is 26.2 Å². The number of para-hydroxylation sites is 1. The van der Waals surface area contributed by atoms with Crippen LogP contribution < -0.4 is 0 Å². The highest BCUT2D eigenvalue weighted by atomic mass is 35.5. The lowest BCUT2D eigenvalue weighted by Crippen LogP contribution is -2.08. The monoisotopic (exact) mass is 1450 g/mol. The Morgan fingerprint density at radius 3 is 1.13 bits per heavy atom. The molecule has 8 aromatic heterocycles. The van der Waals surface area contributed by atoms with E-state index in [1.54, 1.807) is 61.8 Å². The van der Waals surface area contributed by atoms with E-state index in [0.29, 0.717) is 58.1 Å². The smallest absolute Gasteiger partial charge is 0.265 e. The molecule has 0 aliphatic rings. The van der Waals surface area contributed by atoms with Gasteiger partial charge in [-0.1, -0.05) is 228 Å². The summed E-state index contributed by atoms with van der Waals surface area (Å²) >= 11 is 17.4. The second-order valence-electron chi connectivity index (χ2n) is 26.8. The molecule has 0 spiro atoms. The van der Waals surface area contributed by atoms with Crippen LogP contribution in [0.1, 0.15) is 270 Å². The van der Waals surface area contributed by atoms with Gasteiger partial charge in [-0.05, 0) is 195 Å². The van der Waals surface area contributed by atoms with Crippen molar-refractivity contribution in [2.24, 2.45) is 0 Å². The molecule has 0 bridgehead atoms. The van der Waals surface area contributed by atoms with Crippen molar-refractivity contribution >= 4 is 40.5 Å². The van der Waals surface area contributed by atoms with Crippen LogP contribution in [0.4, 0.5) is 23.2 Å². The number of halogens is 7. The lowest BCUT2D eigenvalue weighted by molar-refractivity contribution is -0.141. The Balaban J connectivity index is 0.000000567. The molecule has 10 rings (SSSR count). The van der Waals surface area contributed by atoms with Gasteiger partial charge in [-0.2, -0.15) is 13.2 Å². The van der Waals surface area contributed by atoms with Crippen molar-refractivity contribution in [3.8, 4) is 0 Å². The predicted molar refractivity (Wildman–Crippen MR) is 421 cm³/mol. The first kappa shape index (κ1) is 91.7. The maximum Gasteiger partial charge on any atom is 0.433 e. The molecule has 0 aliphatic carbocycles. The fourth-order valence-corrected chi connectivity index (χ4v) is 9.68. The van der Waals surface area contributed by atoms with Gasteiger partial charge in [0.05, 0.1) is 22.8 Å². The van der Waals surface area contributed by atoms with Gasteiger partial charge < -0.3 is 0 Å². The van der Waals surface area contributed by atoms with Gasteiger partial charge in [0.15, 0.2) is 5.69 Å². The van der Waals surface area contributed by atoms with E-state index in [4.69, 9.17) is 41.4 Å². The van der Waals surface area contributed by atoms with Gasteiger partial charge in [-0.3, -0.25) is 29.9 Å². The third-order valence-corrected chi connectivity index (χ3v) is 15.9. The van der Waals surface area contributed by atoms with Crippen molar-refractivity contribution in [1.29, 1.82) is 0 Å². The average Bonchev–Trinajstić information content (AvgIpc) is 0.848. The minimum atomic E-state index is -4.34. The lowest BCUT2D eigenvalue weighted by atomic mass is 9.99. The molecular weight excluding hydrogens is 1340 g/mol. The Kier molecular flexibility index (Phi) is 45.0. The fraction of sp³-hybridized carbons (Fsp3) is 0.388. The van der Waals surface area contributed by atoms with Crippen molar-refractivity contribution in [1.82, 2.24) is 44.9 Å². The minimum Gasteiger partial charge on any atom is -0.265 e. The minimum absolute atomic E-state index is 0.0871. The zero-order valence-corrected chi connectivity index (χ0v) is 66.2. The highest BCUT2D eigenvalue weighted by molar-refractivity contribution is 6.31. The Morgan fingerprint density at radius 1 is 0.363 bits per heavy atom. The van der Waals surface area contributed by atoms with Crippen molar-refractivity contribution in [2.45, 2.75) is 218 Å². The third-order valence-electron chi connectivity index (χ3n) is 15.1. The number of alkyl halides is 3. The molecule has 0 unspecified atom stereocenters. The number of aromatic nitrogens is 9. The summed E-state index contributed by atoms with van der Waals surface area (Å²) in [6.45, 7) is 53.0. The molecule has 102 heavy (non-hydrogen) atoms. The van der Waals surface area contributed by atoms with E-state index < -0.39 is 11.9 Å². The molecule has 0 N–H and O–H groups in total. The highest BCUT2D eigenvalue weighted by Gasteiger charge is 2.32. The normalized spacial score (nSPS) is 10.5. The van der Waals surface area contributed by atoms with Crippen LogP contribution in [0.25, 0.3) is 4.85 Å². The molecule has 0 saturated heterocycles. The van der Waals surface area contributed by atoms with Gasteiger partial charge in [0, 0.05) is 79.6 Å². The van der Waals surface area contributed by atoms with Crippen LogP contribution in [0.15, 0.2) is 202 Å². The molecule has 8 heterocycles. The van der Waals surface area contributed by atoms with E-state index in [1.807, 2.05) is 120 Å². The Morgan fingerprint density at radius 2 is 0.794 bits per heavy atom. The van der Waals surface area contributed by atoms with Gasteiger partial charge in [-0.15, -0.1) is 0 Å². The summed E-state index contributed by atoms with van der Waals surface area (Å²) in [5.74, 6) is 4.42. The first-order valence-electron chi connectivity index (χ1n) is 34.6. The number of hydrogen-bond acceptors (Lipinski definition) is 9. The van der Waals surface area contributed by atoms with Gasteiger partial charge in [0.1, 0.15) is 23.0 Å². The molecule has 0 radical (unpaired) electrons. The zero-order chi connectivity index (χ0) is 77.1. The van der Waals surface area contributed by atoms with Crippen LogP contribution in [-0.2, 0) is 6.18 Å². The molecule has 0 saturated carbocycles. The second-order valence-corrected chi connectivity index (χ2v) is 28.0. The van der Waals surface area contributed by atoms with Crippen LogP contribution >= 0.6 is 34.8 Å². The summed E-state index contributed by atoms with van der Waals surface area (Å²) in [5, 5.41) is 2.10. The predicted octanol–water partition coefficient (Wildman–Crippen LogP) is 26.9. The van der Waals surface area contributed by atoms with E-state index in [-0.39, 0.29) is 17.7 Å². The van der Waals surface area contributed by atoms with Crippen molar-refractivity contribution in [3.63, 3.8) is 0 Å². The largest absolute Gasteiger partial charge is 0.433 e. The molecule has 0 aliphatic heterocycles. The summed E-state index contributed by atoms with van der Waals surface area (Å²) in [7, 11) is 0. The molecule has 548 valence electrons. The number of pyridine rings is 7. The topological polar surface area (TPSA) is 120 Å². The quantitative estimate of drug-likeness (QED) is 0.0749. The Hall–Kier alpha value is -8.35. The zero-order valence-electron chi connectivity index (χ0n) is 63.9. The first-order valence-corrected chi connectivity index (χ1v) is 35.7. The number of nitrogens with zero attached hydrogens (tertiary/aromatic N) is 10. The van der Waals surface area contributed by atoms with E-state index in [9.17, 15) is 17.6 Å². The molecule has 10 aromatic rings. The van der Waals surface area contributed by atoms with Crippen LogP contribution in [0.3, 0.4) is 0 Å². The highest BCUT2D eigenvalue weighted by Crippen LogP contribution is 2.30. The molecular formula is C85H109Cl3F4N10. The van der Waals surface area contributed by atoms with Crippen molar-refractivity contribution in [3.05, 3.63) is 307 Å². The van der Waals surface area contributed by atoms with Crippen molar-refractivity contribution in [2.75, 3.05) is 0 Å². The maximum atomic E-state index is 12.8. The number of rotatable bonds is 10. The standard InChI is InChI=1S/C10H11N.C10H14.C9H10F3N.C9H13N.3C8H10ClN.C8H10FN.C8H11N.C7H10N2/c1-8(2)9-6-4-5-7-10(9)11-3;1-8(2)10-7-5-4-6-9(10)3;1-6(2)7-3-4-13-8(5-7)9(10,11)12;1-7(2)9-5-4-8(3)10-6-9;2*1-6(2)7-3-4-10-5-8(7)9;1-6(2)7-3-4-10-8(9)5-7;1-6(2)7-3-4-10-5-8(7)9;1-7(2)8-3-5-9-6-4-8;1-6(2)7-3-4-8-5-9-7/h4-8H,1-2H3;4-8H,1-3H3;3-6H,1-2H3;4-7H,1-3H3;4*3-6H,1-2H3;3-7H,1-2H3;3-6H,1-2H3. The number of benzene rings is 2. The van der Waals surface area contributed by atoms with Crippen molar-refractivity contribution < 1.29 is 17.6 Å². The SMILES string of the molecule is CC(C)c1ccnc(C(F)(F)F)c1.CC(C)c1ccnc(Cl)c1.CC(C)c1ccncc1.CC(C)c1ccncc1Cl.CC(C)c1ccncc1Cl.CC(C)c1ccncc1F.CC(C)c1ccncn1.Cc1ccc(C(C)C)cn1.Cc1ccccc1C(C)C.[C-]#[N+]c1ccccc1C(C)C. The van der Waals surface area contributed by atoms with E-state index in [2.05, 4.69) is 204 Å². The summed E-state index contributed by atoms with van der Waals surface area (Å²) in [4.78, 5) is 38.1. The Labute approximate surface area is 624 Å². The average molecular weight is 1450 g/mol. The van der Waals surface area contributed by atoms with Crippen LogP contribution in [-0.4, -0.2) is 44.9 Å².